The topological polar surface area (TPSA) is 27.2 Å². The van der Waals surface area contributed by atoms with Crippen LogP contribution >= 0.6 is 12.2 Å². The van der Waals surface area contributed by atoms with Gasteiger partial charge < -0.3 is 4.90 Å². The molecule has 3 rings (SSSR count). The van der Waals surface area contributed by atoms with Crippen molar-refractivity contribution in [2.24, 2.45) is 0 Å². The highest BCUT2D eigenvalue weighted by atomic mass is 32.1. The number of nitrogens with zero attached hydrogens (tertiary/aromatic N) is 3. The van der Waals surface area contributed by atoms with E-state index < -0.39 is 0 Å². The lowest BCUT2D eigenvalue weighted by molar-refractivity contribution is -0.917. The predicted molar refractivity (Wildman–Crippen MR) is 103 cm³/mol. The Bertz CT molecular complexity index is 896. The van der Waals surface area contributed by atoms with Gasteiger partial charge in [-0.1, -0.05) is 54.6 Å². The fraction of sp³-hybridized carbons (Fsp3) is 0.300. The van der Waals surface area contributed by atoms with E-state index in [0.717, 1.165) is 30.4 Å². The molecule has 0 saturated heterocycles. The van der Waals surface area contributed by atoms with Crippen LogP contribution in [0.3, 0.4) is 0 Å². The van der Waals surface area contributed by atoms with E-state index in [2.05, 4.69) is 72.2 Å². The zero-order valence-corrected chi connectivity index (χ0v) is 15.9. The summed E-state index contributed by atoms with van der Waals surface area (Å²) in [6.07, 6.45) is 0. The van der Waals surface area contributed by atoms with Gasteiger partial charge in [0.1, 0.15) is 12.4 Å². The highest BCUT2D eigenvalue weighted by Crippen LogP contribution is 2.07. The quantitative estimate of drug-likeness (QED) is 0.690. The number of hydrogen-bond donors (Lipinski definition) is 1. The normalized spacial score (nSPS) is 12.3. The number of nitrogens with one attached hydrogen (secondary N) is 1. The molecule has 0 fully saturated rings. The Morgan fingerprint density at radius 3 is 2.40 bits per heavy atom. The predicted octanol–water partition coefficient (Wildman–Crippen LogP) is 2.75. The fourth-order valence-corrected chi connectivity index (χ4v) is 3.35. The van der Waals surface area contributed by atoms with Crippen LogP contribution in [0.5, 0.6) is 0 Å². The summed E-state index contributed by atoms with van der Waals surface area (Å²) in [6, 6.07) is 18.9. The van der Waals surface area contributed by atoms with E-state index in [4.69, 9.17) is 12.2 Å². The Kier molecular flexibility index (Phi) is 5.46. The van der Waals surface area contributed by atoms with Crippen molar-refractivity contribution < 1.29 is 4.90 Å². The Morgan fingerprint density at radius 1 is 1.00 bits per heavy atom. The van der Waals surface area contributed by atoms with Gasteiger partial charge in [0, 0.05) is 5.56 Å². The molecule has 0 radical (unpaired) electrons. The first kappa shape index (κ1) is 17.6. The number of aryl methyl sites for hydroxylation is 2. The maximum absolute atomic E-state index is 5.67. The minimum atomic E-state index is 0.760. The molecule has 2 aromatic carbocycles. The van der Waals surface area contributed by atoms with Gasteiger partial charge in [0.2, 0.25) is 4.77 Å². The lowest BCUT2D eigenvalue weighted by Gasteiger charge is -2.15. The van der Waals surface area contributed by atoms with E-state index in [0.29, 0.717) is 0 Å². The average molecular weight is 354 g/mol. The molecule has 5 heteroatoms. The third-order valence-electron chi connectivity index (χ3n) is 4.46. The summed E-state index contributed by atoms with van der Waals surface area (Å²) in [5.41, 5.74) is 3.94. The van der Waals surface area contributed by atoms with Gasteiger partial charge in [0.25, 0.3) is 0 Å². The molecule has 0 bridgehead atoms. The molecule has 0 aliphatic heterocycles. The third kappa shape index (κ3) is 4.24. The number of benzene rings is 2. The summed E-state index contributed by atoms with van der Waals surface area (Å²) >= 11 is 5.67. The van der Waals surface area contributed by atoms with Crippen LogP contribution < -0.4 is 4.90 Å². The molecule has 0 aliphatic carbocycles. The second kappa shape index (κ2) is 7.76. The lowest BCUT2D eigenvalue weighted by atomic mass is 10.1. The molecule has 1 unspecified atom stereocenters. The minimum Gasteiger partial charge on any atom is -0.315 e. The van der Waals surface area contributed by atoms with Crippen LogP contribution in [0.15, 0.2) is 54.6 Å². The van der Waals surface area contributed by atoms with E-state index in [1.165, 1.54) is 21.6 Å². The van der Waals surface area contributed by atoms with Crippen molar-refractivity contribution in [2.75, 3.05) is 7.05 Å². The molecule has 0 amide bonds. The second-order valence-electron chi connectivity index (χ2n) is 6.62. The molecule has 130 valence electrons. The smallest absolute Gasteiger partial charge is 0.203 e. The van der Waals surface area contributed by atoms with Crippen molar-refractivity contribution in [1.82, 2.24) is 14.3 Å². The minimum absolute atomic E-state index is 0.760. The third-order valence-corrected chi connectivity index (χ3v) is 4.90. The van der Waals surface area contributed by atoms with Crippen LogP contribution in [0, 0.1) is 18.6 Å². The molecule has 1 N–H and O–H groups in total. The van der Waals surface area contributed by atoms with Gasteiger partial charge >= 0.3 is 0 Å². The second-order valence-corrected chi connectivity index (χ2v) is 6.98. The zero-order valence-electron chi connectivity index (χ0n) is 15.1. The highest BCUT2D eigenvalue weighted by molar-refractivity contribution is 7.71. The van der Waals surface area contributed by atoms with E-state index in [9.17, 15) is 0 Å². The molecule has 4 nitrogen and oxygen atoms in total. The van der Waals surface area contributed by atoms with Crippen molar-refractivity contribution in [1.29, 1.82) is 0 Å². The van der Waals surface area contributed by atoms with Crippen LogP contribution in [0.2, 0.25) is 0 Å². The number of quaternary nitrogens is 1. The molecule has 1 atom stereocenters. The van der Waals surface area contributed by atoms with E-state index in [1.807, 2.05) is 17.7 Å². The van der Waals surface area contributed by atoms with Gasteiger partial charge in [-0.2, -0.15) is 9.78 Å². The zero-order chi connectivity index (χ0) is 17.8. The molecule has 25 heavy (non-hydrogen) atoms. The maximum Gasteiger partial charge on any atom is 0.203 e. The Hall–Kier alpha value is -2.24. The van der Waals surface area contributed by atoms with Crippen molar-refractivity contribution >= 4 is 12.2 Å². The number of rotatable bonds is 6. The maximum atomic E-state index is 5.67. The highest BCUT2D eigenvalue weighted by Gasteiger charge is 2.12. The Balaban J connectivity index is 1.74. The average Bonchev–Trinajstić information content (AvgIpc) is 2.85. The van der Waals surface area contributed by atoms with Crippen molar-refractivity contribution in [2.45, 2.75) is 33.6 Å². The molecule has 0 saturated carbocycles. The standard InChI is InChI=1S/C20H24N4S/c1-16-9-7-8-12-19(16)14-22(3)15-24-20(25)23(17(2)21-24)13-18-10-5-4-6-11-18/h4-12H,13-15H2,1-3H3/p+1. The van der Waals surface area contributed by atoms with Gasteiger partial charge in [-0.15, -0.1) is 0 Å². The van der Waals surface area contributed by atoms with Gasteiger partial charge in [0.05, 0.1) is 13.6 Å². The van der Waals surface area contributed by atoms with E-state index in [1.54, 1.807) is 0 Å². The van der Waals surface area contributed by atoms with Gasteiger partial charge in [-0.3, -0.25) is 4.57 Å². The number of aromatic nitrogens is 3. The van der Waals surface area contributed by atoms with Crippen LogP contribution in [0.25, 0.3) is 0 Å². The largest absolute Gasteiger partial charge is 0.315 e. The van der Waals surface area contributed by atoms with Crippen molar-refractivity contribution in [3.63, 3.8) is 0 Å². The first-order valence-electron chi connectivity index (χ1n) is 8.58. The van der Waals surface area contributed by atoms with E-state index in [-0.39, 0.29) is 0 Å². The first-order chi connectivity index (χ1) is 12.0. The van der Waals surface area contributed by atoms with Crippen molar-refractivity contribution in [3.8, 4) is 0 Å². The molecular weight excluding hydrogens is 328 g/mol. The van der Waals surface area contributed by atoms with Gasteiger partial charge in [-0.25, -0.2) is 0 Å². The summed E-state index contributed by atoms with van der Waals surface area (Å²) in [4.78, 5) is 1.36. The van der Waals surface area contributed by atoms with Crippen LogP contribution in [0.1, 0.15) is 22.5 Å². The Morgan fingerprint density at radius 2 is 1.68 bits per heavy atom. The van der Waals surface area contributed by atoms with E-state index >= 15 is 0 Å². The summed E-state index contributed by atoms with van der Waals surface area (Å²) in [7, 11) is 2.18. The molecule has 0 aliphatic rings. The summed E-state index contributed by atoms with van der Waals surface area (Å²) in [5, 5.41) is 4.66. The summed E-state index contributed by atoms with van der Waals surface area (Å²) in [6.45, 7) is 6.66. The lowest BCUT2D eigenvalue weighted by Crippen LogP contribution is -3.07. The first-order valence-corrected chi connectivity index (χ1v) is 8.99. The van der Waals surface area contributed by atoms with Crippen LogP contribution in [-0.4, -0.2) is 21.4 Å². The molecule has 1 heterocycles. The molecule has 1 aromatic heterocycles. The Labute approximate surface area is 154 Å². The summed E-state index contributed by atoms with van der Waals surface area (Å²) in [5.74, 6) is 0.956. The van der Waals surface area contributed by atoms with Crippen LogP contribution in [0.4, 0.5) is 0 Å². The van der Waals surface area contributed by atoms with Crippen molar-refractivity contribution in [3.05, 3.63) is 81.9 Å². The fourth-order valence-electron chi connectivity index (χ4n) is 3.05. The van der Waals surface area contributed by atoms with Crippen LogP contribution in [-0.2, 0) is 19.8 Å². The summed E-state index contributed by atoms with van der Waals surface area (Å²) < 4.78 is 4.83. The molecule has 3 aromatic rings. The SMILES string of the molecule is Cc1ccccc1C[NH+](C)Cn1nc(C)n(Cc2ccccc2)c1=S. The monoisotopic (exact) mass is 353 g/mol. The number of hydrogen-bond acceptors (Lipinski definition) is 2. The molecule has 0 spiro atoms. The van der Waals surface area contributed by atoms with Gasteiger partial charge in [0.15, 0.2) is 6.67 Å². The molecular formula is C20H25N4S+. The van der Waals surface area contributed by atoms with Gasteiger partial charge in [-0.05, 0) is 37.2 Å².